The predicted octanol–water partition coefficient (Wildman–Crippen LogP) is 3.53. The van der Waals surface area contributed by atoms with E-state index in [0.717, 1.165) is 5.56 Å². The molecule has 126 valence electrons. The Bertz CT molecular complexity index is 533. The van der Waals surface area contributed by atoms with Crippen LogP contribution in [0.4, 0.5) is 0 Å². The van der Waals surface area contributed by atoms with Gasteiger partial charge in [-0.3, -0.25) is 9.59 Å². The molecule has 23 heavy (non-hydrogen) atoms. The van der Waals surface area contributed by atoms with Gasteiger partial charge in [0.05, 0.1) is 13.0 Å². The van der Waals surface area contributed by atoms with Crippen LogP contribution in [0.3, 0.4) is 0 Å². The third-order valence-corrected chi connectivity index (χ3v) is 3.61. The van der Waals surface area contributed by atoms with Gasteiger partial charge in [-0.15, -0.1) is 0 Å². The third-order valence-electron chi connectivity index (χ3n) is 3.61. The van der Waals surface area contributed by atoms with Crippen LogP contribution in [-0.2, 0) is 14.3 Å². The predicted molar refractivity (Wildman–Crippen MR) is 92.8 cm³/mol. The van der Waals surface area contributed by atoms with Crippen LogP contribution >= 0.6 is 0 Å². The van der Waals surface area contributed by atoms with Gasteiger partial charge in [0, 0.05) is 18.7 Å². The highest BCUT2D eigenvalue weighted by Gasteiger charge is 2.19. The molecule has 1 unspecified atom stereocenters. The number of benzene rings is 1. The fourth-order valence-electron chi connectivity index (χ4n) is 2.42. The Morgan fingerprint density at radius 1 is 1.13 bits per heavy atom. The molecule has 1 atom stereocenters. The lowest BCUT2D eigenvalue weighted by Crippen LogP contribution is -2.31. The molecule has 0 bridgehead atoms. The molecule has 0 radical (unpaired) electrons. The average Bonchev–Trinajstić information content (AvgIpc) is 2.54. The van der Waals surface area contributed by atoms with Crippen LogP contribution in [0, 0.1) is 5.92 Å². The highest BCUT2D eigenvalue weighted by atomic mass is 16.5. The van der Waals surface area contributed by atoms with Gasteiger partial charge in [-0.2, -0.15) is 0 Å². The quantitative estimate of drug-likeness (QED) is 0.544. The number of carbonyl (C=O) groups excluding carboxylic acids is 2. The Morgan fingerprint density at radius 3 is 2.26 bits per heavy atom. The standard InChI is InChI=1S/C19H27NO3/c1-5-20(6-2)19(22)17(16-11-9-8-10-12-16)13-15(4)14-18(21)23-7-3/h8-13,15H,5-7,14H2,1-4H3/b17-13-. The van der Waals surface area contributed by atoms with E-state index < -0.39 is 0 Å². The molecule has 0 aliphatic heterocycles. The van der Waals surface area contributed by atoms with Crippen molar-refractivity contribution in [1.29, 1.82) is 0 Å². The van der Waals surface area contributed by atoms with Gasteiger partial charge in [-0.1, -0.05) is 43.3 Å². The zero-order valence-corrected chi connectivity index (χ0v) is 14.5. The second kappa shape index (κ2) is 9.82. The summed E-state index contributed by atoms with van der Waals surface area (Å²) in [5.74, 6) is -0.306. The second-order valence-electron chi connectivity index (χ2n) is 5.41. The van der Waals surface area contributed by atoms with E-state index in [1.54, 1.807) is 11.8 Å². The molecular formula is C19H27NO3. The summed E-state index contributed by atoms with van der Waals surface area (Å²) in [6.45, 7) is 9.34. The SMILES string of the molecule is CCOC(=O)CC(C)/C=C(\C(=O)N(CC)CC)c1ccccc1. The second-order valence-corrected chi connectivity index (χ2v) is 5.41. The molecule has 0 fully saturated rings. The molecule has 0 aromatic heterocycles. The molecule has 1 amide bonds. The van der Waals surface area contributed by atoms with Gasteiger partial charge in [0.1, 0.15) is 0 Å². The minimum atomic E-state index is -0.237. The minimum absolute atomic E-state index is 0.00286. The summed E-state index contributed by atoms with van der Waals surface area (Å²) in [5.41, 5.74) is 1.52. The van der Waals surface area contributed by atoms with Gasteiger partial charge in [0.2, 0.25) is 0 Å². The van der Waals surface area contributed by atoms with E-state index in [4.69, 9.17) is 4.74 Å². The van der Waals surface area contributed by atoms with Crippen LogP contribution in [0.5, 0.6) is 0 Å². The first-order valence-corrected chi connectivity index (χ1v) is 8.25. The highest BCUT2D eigenvalue weighted by molar-refractivity contribution is 6.19. The van der Waals surface area contributed by atoms with E-state index in [1.807, 2.05) is 57.2 Å². The van der Waals surface area contributed by atoms with Crippen molar-refractivity contribution in [3.05, 3.63) is 42.0 Å². The molecule has 0 saturated heterocycles. The largest absolute Gasteiger partial charge is 0.466 e. The van der Waals surface area contributed by atoms with Gasteiger partial charge in [0.15, 0.2) is 0 Å². The molecule has 1 rings (SSSR count). The maximum Gasteiger partial charge on any atom is 0.306 e. The van der Waals surface area contributed by atoms with Gasteiger partial charge < -0.3 is 9.64 Å². The summed E-state index contributed by atoms with van der Waals surface area (Å²) in [5, 5.41) is 0. The van der Waals surface area contributed by atoms with Crippen molar-refractivity contribution in [3.63, 3.8) is 0 Å². The molecule has 0 saturated carbocycles. The van der Waals surface area contributed by atoms with Crippen molar-refractivity contribution in [2.75, 3.05) is 19.7 Å². The number of carbonyl (C=O) groups is 2. The topological polar surface area (TPSA) is 46.6 Å². The molecule has 0 spiro atoms. The summed E-state index contributed by atoms with van der Waals surface area (Å²) < 4.78 is 4.99. The molecule has 0 N–H and O–H groups in total. The van der Waals surface area contributed by atoms with Crippen molar-refractivity contribution in [1.82, 2.24) is 4.90 Å². The molecule has 4 heteroatoms. The first-order chi connectivity index (χ1) is 11.0. The van der Waals surface area contributed by atoms with Crippen molar-refractivity contribution in [2.45, 2.75) is 34.1 Å². The van der Waals surface area contributed by atoms with Crippen molar-refractivity contribution in [2.24, 2.45) is 5.92 Å². The van der Waals surface area contributed by atoms with E-state index in [9.17, 15) is 9.59 Å². The summed E-state index contributed by atoms with van der Waals surface area (Å²) in [4.78, 5) is 26.2. The molecule has 1 aromatic carbocycles. The van der Waals surface area contributed by atoms with Crippen molar-refractivity contribution >= 4 is 17.4 Å². The van der Waals surface area contributed by atoms with E-state index in [2.05, 4.69) is 0 Å². The highest BCUT2D eigenvalue weighted by Crippen LogP contribution is 2.21. The summed E-state index contributed by atoms with van der Waals surface area (Å²) in [6.07, 6.45) is 2.16. The van der Waals surface area contributed by atoms with E-state index in [-0.39, 0.29) is 24.2 Å². The Labute approximate surface area is 139 Å². The monoisotopic (exact) mass is 317 g/mol. The van der Waals surface area contributed by atoms with Crippen LogP contribution in [0.1, 0.15) is 39.7 Å². The summed E-state index contributed by atoms with van der Waals surface area (Å²) in [6, 6.07) is 9.59. The van der Waals surface area contributed by atoms with Crippen LogP contribution in [-0.4, -0.2) is 36.5 Å². The van der Waals surface area contributed by atoms with E-state index in [0.29, 0.717) is 25.3 Å². The normalized spacial score (nSPS) is 12.6. The number of amides is 1. The third kappa shape index (κ3) is 5.89. The Balaban J connectivity index is 3.06. The first kappa shape index (κ1) is 18.9. The lowest BCUT2D eigenvalue weighted by molar-refractivity contribution is -0.143. The van der Waals surface area contributed by atoms with E-state index in [1.165, 1.54) is 0 Å². The fraction of sp³-hybridized carbons (Fsp3) is 0.474. The van der Waals surface area contributed by atoms with Gasteiger partial charge in [0.25, 0.3) is 5.91 Å². The summed E-state index contributed by atoms with van der Waals surface area (Å²) in [7, 11) is 0. The number of nitrogens with zero attached hydrogens (tertiary/aromatic N) is 1. The molecule has 1 aromatic rings. The maximum absolute atomic E-state index is 12.8. The zero-order valence-electron chi connectivity index (χ0n) is 14.5. The van der Waals surface area contributed by atoms with Crippen molar-refractivity contribution in [3.8, 4) is 0 Å². The van der Waals surface area contributed by atoms with Crippen LogP contribution in [0.15, 0.2) is 36.4 Å². The van der Waals surface area contributed by atoms with Gasteiger partial charge >= 0.3 is 5.97 Å². The smallest absolute Gasteiger partial charge is 0.306 e. The minimum Gasteiger partial charge on any atom is -0.466 e. The lowest BCUT2D eigenvalue weighted by atomic mass is 9.97. The van der Waals surface area contributed by atoms with Crippen molar-refractivity contribution < 1.29 is 14.3 Å². The molecule has 0 aliphatic carbocycles. The van der Waals surface area contributed by atoms with Gasteiger partial charge in [-0.05, 0) is 32.3 Å². The molecule has 0 aliphatic rings. The van der Waals surface area contributed by atoms with E-state index >= 15 is 0 Å². The zero-order chi connectivity index (χ0) is 17.2. The van der Waals surface area contributed by atoms with Crippen LogP contribution in [0.2, 0.25) is 0 Å². The van der Waals surface area contributed by atoms with Gasteiger partial charge in [-0.25, -0.2) is 0 Å². The Kier molecular flexibility index (Phi) is 8.09. The number of hydrogen-bond donors (Lipinski definition) is 0. The lowest BCUT2D eigenvalue weighted by Gasteiger charge is -2.21. The number of likely N-dealkylation sites (N-methyl/N-ethyl adjacent to an activating group) is 1. The Hall–Kier alpha value is -2.10. The number of allylic oxidation sites excluding steroid dienone is 1. The van der Waals surface area contributed by atoms with Crippen LogP contribution in [0.25, 0.3) is 5.57 Å². The molecule has 0 heterocycles. The summed E-state index contributed by atoms with van der Waals surface area (Å²) >= 11 is 0. The van der Waals surface area contributed by atoms with Crippen LogP contribution < -0.4 is 0 Å². The first-order valence-electron chi connectivity index (χ1n) is 8.25. The average molecular weight is 317 g/mol. The molecular weight excluding hydrogens is 290 g/mol. The number of hydrogen-bond acceptors (Lipinski definition) is 3. The number of ether oxygens (including phenoxy) is 1. The Morgan fingerprint density at radius 2 is 1.74 bits per heavy atom. The number of rotatable bonds is 8. The fourth-order valence-corrected chi connectivity index (χ4v) is 2.42. The molecule has 4 nitrogen and oxygen atoms in total. The maximum atomic E-state index is 12.8. The number of esters is 1.